The zero-order valence-electron chi connectivity index (χ0n) is 12.5. The van der Waals surface area contributed by atoms with Gasteiger partial charge in [0.2, 0.25) is 0 Å². The third kappa shape index (κ3) is 6.72. The number of hydrogen-bond acceptors (Lipinski definition) is 3. The molecule has 2 aromatic carbocycles. The minimum atomic E-state index is -0.995. The molecule has 0 aromatic heterocycles. The molecular formula is C17H16Cl2O4. The predicted molar refractivity (Wildman–Crippen MR) is 90.4 cm³/mol. The van der Waals surface area contributed by atoms with Gasteiger partial charge in [0, 0.05) is 5.02 Å². The fourth-order valence-corrected chi connectivity index (χ4v) is 1.84. The molecule has 0 unspecified atom stereocenters. The molecule has 0 fully saturated rings. The van der Waals surface area contributed by atoms with Crippen molar-refractivity contribution in [2.24, 2.45) is 0 Å². The molecule has 6 heteroatoms. The van der Waals surface area contributed by atoms with E-state index in [0.29, 0.717) is 17.2 Å². The van der Waals surface area contributed by atoms with Crippen molar-refractivity contribution in [1.82, 2.24) is 0 Å². The SMILES string of the molecule is CCCOC(=O)c1ccc(Cl)cc1.O=C(O)c1ccccc1Cl. The molecule has 2 aromatic rings. The summed E-state index contributed by atoms with van der Waals surface area (Å²) in [6.07, 6.45) is 0.833. The van der Waals surface area contributed by atoms with Gasteiger partial charge in [-0.2, -0.15) is 0 Å². The Balaban J connectivity index is 0.000000238. The molecule has 0 saturated carbocycles. The summed E-state index contributed by atoms with van der Waals surface area (Å²) in [5, 5.41) is 9.37. The van der Waals surface area contributed by atoms with E-state index in [0.717, 1.165) is 6.42 Å². The van der Waals surface area contributed by atoms with Crippen LogP contribution in [0.3, 0.4) is 0 Å². The maximum absolute atomic E-state index is 11.2. The lowest BCUT2D eigenvalue weighted by atomic mass is 10.2. The molecule has 0 saturated heterocycles. The molecule has 0 bridgehead atoms. The van der Waals surface area contributed by atoms with Gasteiger partial charge in [-0.3, -0.25) is 0 Å². The first-order valence-corrected chi connectivity index (χ1v) is 7.61. The zero-order valence-corrected chi connectivity index (χ0v) is 14.0. The third-order valence-electron chi connectivity index (χ3n) is 2.62. The number of rotatable bonds is 4. The van der Waals surface area contributed by atoms with Crippen molar-refractivity contribution in [3.05, 3.63) is 69.7 Å². The van der Waals surface area contributed by atoms with Crippen molar-refractivity contribution in [3.8, 4) is 0 Å². The Kier molecular flexibility index (Phi) is 8.16. The van der Waals surface area contributed by atoms with Gasteiger partial charge >= 0.3 is 11.9 Å². The van der Waals surface area contributed by atoms with E-state index >= 15 is 0 Å². The van der Waals surface area contributed by atoms with E-state index in [-0.39, 0.29) is 16.6 Å². The average Bonchev–Trinajstić information content (AvgIpc) is 2.54. The number of carboxylic acid groups (broad SMARTS) is 1. The summed E-state index contributed by atoms with van der Waals surface area (Å²) >= 11 is 11.2. The molecule has 0 aliphatic heterocycles. The lowest BCUT2D eigenvalue weighted by molar-refractivity contribution is 0.0504. The normalized spacial score (nSPS) is 9.52. The Labute approximate surface area is 144 Å². The van der Waals surface area contributed by atoms with Gasteiger partial charge in [-0.25, -0.2) is 9.59 Å². The second-order valence-corrected chi connectivity index (χ2v) is 5.27. The number of hydrogen-bond donors (Lipinski definition) is 1. The number of carbonyl (C=O) groups excluding carboxylic acids is 1. The van der Waals surface area contributed by atoms with Crippen molar-refractivity contribution in [3.63, 3.8) is 0 Å². The molecule has 0 aliphatic carbocycles. The molecule has 0 amide bonds. The van der Waals surface area contributed by atoms with E-state index in [1.54, 1.807) is 42.5 Å². The van der Waals surface area contributed by atoms with Gasteiger partial charge in [0.15, 0.2) is 0 Å². The Hall–Kier alpha value is -2.04. The van der Waals surface area contributed by atoms with E-state index in [1.807, 2.05) is 6.92 Å². The molecular weight excluding hydrogens is 339 g/mol. The second kappa shape index (κ2) is 9.87. The maximum atomic E-state index is 11.2. The van der Waals surface area contributed by atoms with Gasteiger partial charge in [-0.05, 0) is 42.8 Å². The highest BCUT2D eigenvalue weighted by Gasteiger charge is 2.05. The van der Waals surface area contributed by atoms with Crippen molar-refractivity contribution >= 4 is 35.1 Å². The lowest BCUT2D eigenvalue weighted by Gasteiger charge is -2.02. The Morgan fingerprint density at radius 2 is 1.65 bits per heavy atom. The molecule has 0 heterocycles. The topological polar surface area (TPSA) is 63.6 Å². The highest BCUT2D eigenvalue weighted by molar-refractivity contribution is 6.33. The van der Waals surface area contributed by atoms with Crippen molar-refractivity contribution in [2.45, 2.75) is 13.3 Å². The van der Waals surface area contributed by atoms with Gasteiger partial charge in [0.25, 0.3) is 0 Å². The number of benzene rings is 2. The van der Waals surface area contributed by atoms with Crippen LogP contribution in [-0.2, 0) is 4.74 Å². The van der Waals surface area contributed by atoms with E-state index in [9.17, 15) is 9.59 Å². The second-order valence-electron chi connectivity index (χ2n) is 4.43. The van der Waals surface area contributed by atoms with Gasteiger partial charge < -0.3 is 9.84 Å². The van der Waals surface area contributed by atoms with Crippen LogP contribution in [0, 0.1) is 0 Å². The van der Waals surface area contributed by atoms with E-state index in [1.165, 1.54) is 6.07 Å². The summed E-state index contributed by atoms with van der Waals surface area (Å²) in [6, 6.07) is 13.0. The largest absolute Gasteiger partial charge is 0.478 e. The monoisotopic (exact) mass is 354 g/mol. The van der Waals surface area contributed by atoms with Crippen LogP contribution in [0.15, 0.2) is 48.5 Å². The first kappa shape index (κ1) is 19.0. The van der Waals surface area contributed by atoms with Gasteiger partial charge in [0.1, 0.15) is 0 Å². The fourth-order valence-electron chi connectivity index (χ4n) is 1.50. The highest BCUT2D eigenvalue weighted by Crippen LogP contribution is 2.14. The minimum Gasteiger partial charge on any atom is -0.478 e. The fraction of sp³-hybridized carbons (Fsp3) is 0.176. The summed E-state index contributed by atoms with van der Waals surface area (Å²) in [4.78, 5) is 21.6. The van der Waals surface area contributed by atoms with E-state index in [4.69, 9.17) is 33.0 Å². The van der Waals surface area contributed by atoms with Gasteiger partial charge in [0.05, 0.1) is 22.8 Å². The highest BCUT2D eigenvalue weighted by atomic mass is 35.5. The van der Waals surface area contributed by atoms with Crippen molar-refractivity contribution in [2.75, 3.05) is 6.61 Å². The molecule has 1 N–H and O–H groups in total. The van der Waals surface area contributed by atoms with E-state index in [2.05, 4.69) is 0 Å². The van der Waals surface area contributed by atoms with Crippen LogP contribution in [0.2, 0.25) is 10.0 Å². The predicted octanol–water partition coefficient (Wildman–Crippen LogP) is 4.95. The number of halogens is 2. The van der Waals surface area contributed by atoms with Crippen LogP contribution in [0.5, 0.6) is 0 Å². The molecule has 0 atom stereocenters. The van der Waals surface area contributed by atoms with Crippen LogP contribution >= 0.6 is 23.2 Å². The standard InChI is InChI=1S/C10H11ClO2.C7H5ClO2/c1-2-7-13-10(12)8-3-5-9(11)6-4-8;8-6-4-2-1-3-5(6)7(9)10/h3-6H,2,7H2,1H3;1-4H,(H,9,10). The Morgan fingerprint density at radius 3 is 2.13 bits per heavy atom. The maximum Gasteiger partial charge on any atom is 0.338 e. The van der Waals surface area contributed by atoms with Crippen LogP contribution in [0.1, 0.15) is 34.1 Å². The summed E-state index contributed by atoms with van der Waals surface area (Å²) in [5.74, 6) is -1.29. The van der Waals surface area contributed by atoms with Crippen LogP contribution < -0.4 is 0 Å². The van der Waals surface area contributed by atoms with Crippen molar-refractivity contribution in [1.29, 1.82) is 0 Å². The third-order valence-corrected chi connectivity index (χ3v) is 3.20. The Bertz CT molecular complexity index is 654. The van der Waals surface area contributed by atoms with Crippen molar-refractivity contribution < 1.29 is 19.4 Å². The Morgan fingerprint density at radius 1 is 1.04 bits per heavy atom. The quantitative estimate of drug-likeness (QED) is 0.789. The number of carboxylic acids is 1. The van der Waals surface area contributed by atoms with Crippen LogP contribution in [0.4, 0.5) is 0 Å². The smallest absolute Gasteiger partial charge is 0.338 e. The van der Waals surface area contributed by atoms with Crippen LogP contribution in [-0.4, -0.2) is 23.7 Å². The van der Waals surface area contributed by atoms with Crippen LogP contribution in [0.25, 0.3) is 0 Å². The molecule has 0 spiro atoms. The zero-order chi connectivity index (χ0) is 17.2. The van der Waals surface area contributed by atoms with Gasteiger partial charge in [-0.1, -0.05) is 42.3 Å². The molecule has 4 nitrogen and oxygen atoms in total. The molecule has 23 heavy (non-hydrogen) atoms. The number of carbonyl (C=O) groups is 2. The first-order chi connectivity index (χ1) is 11.0. The average molecular weight is 355 g/mol. The summed E-state index contributed by atoms with van der Waals surface area (Å²) in [5.41, 5.74) is 0.682. The summed E-state index contributed by atoms with van der Waals surface area (Å²) in [7, 11) is 0. The first-order valence-electron chi connectivity index (χ1n) is 6.86. The van der Waals surface area contributed by atoms with Gasteiger partial charge in [-0.15, -0.1) is 0 Å². The minimum absolute atomic E-state index is 0.143. The number of esters is 1. The number of aromatic carboxylic acids is 1. The molecule has 2 rings (SSSR count). The summed E-state index contributed by atoms with van der Waals surface area (Å²) in [6.45, 7) is 2.41. The molecule has 0 radical (unpaired) electrons. The molecule has 122 valence electrons. The van der Waals surface area contributed by atoms with E-state index < -0.39 is 5.97 Å². The summed E-state index contributed by atoms with van der Waals surface area (Å²) < 4.78 is 4.94. The number of ether oxygens (including phenoxy) is 1. The molecule has 0 aliphatic rings. The lowest BCUT2D eigenvalue weighted by Crippen LogP contribution is -2.05.